The first-order chi connectivity index (χ1) is 11.8. The van der Waals surface area contributed by atoms with E-state index in [0.717, 1.165) is 36.6 Å². The maximum absolute atomic E-state index is 12.1. The summed E-state index contributed by atoms with van der Waals surface area (Å²) in [5, 5.41) is 11.9. The standard InChI is InChI=1S/C16H16N6O2/c23-16-4-3-15(13-2-1-5-17-6-13)19-22(16)10-12-8-21(9-12)11-14-7-18-24-20-14/h1-7,12H,8-11H2. The van der Waals surface area contributed by atoms with E-state index in [0.29, 0.717) is 12.5 Å². The predicted molar refractivity (Wildman–Crippen MR) is 84.8 cm³/mol. The van der Waals surface area contributed by atoms with Gasteiger partial charge < -0.3 is 0 Å². The van der Waals surface area contributed by atoms with E-state index in [9.17, 15) is 4.79 Å². The fourth-order valence-corrected chi connectivity index (χ4v) is 2.90. The van der Waals surface area contributed by atoms with Gasteiger partial charge >= 0.3 is 0 Å². The topological polar surface area (TPSA) is 89.9 Å². The molecule has 1 aliphatic heterocycles. The van der Waals surface area contributed by atoms with Crippen molar-refractivity contribution in [3.63, 3.8) is 0 Å². The largest absolute Gasteiger partial charge is 0.297 e. The van der Waals surface area contributed by atoms with Crippen LogP contribution in [0.3, 0.4) is 0 Å². The molecule has 0 amide bonds. The lowest BCUT2D eigenvalue weighted by Crippen LogP contribution is -2.48. The highest BCUT2D eigenvalue weighted by Crippen LogP contribution is 2.19. The molecule has 0 aliphatic carbocycles. The van der Waals surface area contributed by atoms with Crippen LogP contribution in [0.15, 0.2) is 52.3 Å². The minimum Gasteiger partial charge on any atom is -0.297 e. The Morgan fingerprint density at radius 3 is 2.88 bits per heavy atom. The summed E-state index contributed by atoms with van der Waals surface area (Å²) < 4.78 is 6.13. The third kappa shape index (κ3) is 3.09. The molecule has 0 aromatic carbocycles. The maximum atomic E-state index is 12.1. The zero-order valence-corrected chi connectivity index (χ0v) is 12.9. The van der Waals surface area contributed by atoms with Crippen molar-refractivity contribution in [2.24, 2.45) is 5.92 Å². The lowest BCUT2D eigenvalue weighted by molar-refractivity contribution is 0.0742. The molecular formula is C16H16N6O2. The smallest absolute Gasteiger partial charge is 0.266 e. The third-order valence-electron chi connectivity index (χ3n) is 4.08. The number of hydrogen-bond acceptors (Lipinski definition) is 7. The van der Waals surface area contributed by atoms with Crippen LogP contribution in [-0.4, -0.2) is 43.1 Å². The first-order valence-electron chi connectivity index (χ1n) is 7.75. The molecule has 1 aliphatic rings. The molecule has 1 fully saturated rings. The number of aromatic nitrogens is 5. The van der Waals surface area contributed by atoms with E-state index in [1.165, 1.54) is 0 Å². The summed E-state index contributed by atoms with van der Waals surface area (Å²) >= 11 is 0. The van der Waals surface area contributed by atoms with Gasteiger partial charge in [0.05, 0.1) is 18.4 Å². The molecule has 0 saturated carbocycles. The molecular weight excluding hydrogens is 308 g/mol. The highest BCUT2D eigenvalue weighted by molar-refractivity contribution is 5.56. The first kappa shape index (κ1) is 14.7. The van der Waals surface area contributed by atoms with E-state index in [2.05, 4.69) is 29.9 Å². The molecule has 24 heavy (non-hydrogen) atoms. The van der Waals surface area contributed by atoms with Crippen LogP contribution in [0.25, 0.3) is 11.3 Å². The Hall–Kier alpha value is -2.87. The second-order valence-corrected chi connectivity index (χ2v) is 5.94. The molecule has 0 bridgehead atoms. The summed E-state index contributed by atoms with van der Waals surface area (Å²) in [5.74, 6) is 0.402. The Morgan fingerprint density at radius 1 is 1.21 bits per heavy atom. The van der Waals surface area contributed by atoms with Crippen LogP contribution in [0.5, 0.6) is 0 Å². The van der Waals surface area contributed by atoms with Gasteiger partial charge in [0.25, 0.3) is 5.56 Å². The van der Waals surface area contributed by atoms with Crippen molar-refractivity contribution >= 4 is 0 Å². The number of likely N-dealkylation sites (tertiary alicyclic amines) is 1. The number of pyridine rings is 1. The van der Waals surface area contributed by atoms with Gasteiger partial charge in [0.15, 0.2) is 0 Å². The average molecular weight is 324 g/mol. The molecule has 0 unspecified atom stereocenters. The van der Waals surface area contributed by atoms with Gasteiger partial charge in [-0.1, -0.05) is 10.3 Å². The van der Waals surface area contributed by atoms with Gasteiger partial charge in [-0.15, -0.1) is 0 Å². The molecule has 8 nitrogen and oxygen atoms in total. The highest BCUT2D eigenvalue weighted by Gasteiger charge is 2.28. The SMILES string of the molecule is O=c1ccc(-c2cccnc2)nn1CC1CN(Cc2cnon2)C1. The van der Waals surface area contributed by atoms with Crippen molar-refractivity contribution in [2.75, 3.05) is 13.1 Å². The Labute approximate surface area is 137 Å². The van der Waals surface area contributed by atoms with Crippen LogP contribution in [0.4, 0.5) is 0 Å². The number of rotatable bonds is 5. The molecule has 3 aromatic rings. The summed E-state index contributed by atoms with van der Waals surface area (Å²) in [6.07, 6.45) is 5.08. The summed E-state index contributed by atoms with van der Waals surface area (Å²) in [7, 11) is 0. The van der Waals surface area contributed by atoms with Gasteiger partial charge in [0, 0.05) is 49.6 Å². The van der Waals surface area contributed by atoms with Gasteiger partial charge in [-0.25, -0.2) is 9.31 Å². The van der Waals surface area contributed by atoms with E-state index in [-0.39, 0.29) is 5.56 Å². The minimum absolute atomic E-state index is 0.0817. The fourth-order valence-electron chi connectivity index (χ4n) is 2.90. The molecule has 122 valence electrons. The van der Waals surface area contributed by atoms with Crippen molar-refractivity contribution in [3.05, 3.63) is 58.9 Å². The van der Waals surface area contributed by atoms with Crippen LogP contribution in [-0.2, 0) is 13.1 Å². The Morgan fingerprint density at radius 2 is 2.12 bits per heavy atom. The van der Waals surface area contributed by atoms with Crippen LogP contribution in [0.2, 0.25) is 0 Å². The summed E-state index contributed by atoms with van der Waals surface area (Å²) in [5.41, 5.74) is 2.40. The van der Waals surface area contributed by atoms with E-state index >= 15 is 0 Å². The number of nitrogens with zero attached hydrogens (tertiary/aromatic N) is 6. The first-order valence-corrected chi connectivity index (χ1v) is 7.75. The van der Waals surface area contributed by atoms with E-state index in [4.69, 9.17) is 0 Å². The second kappa shape index (κ2) is 6.32. The Balaban J connectivity index is 1.41. The predicted octanol–water partition coefficient (Wildman–Crippen LogP) is 0.820. The van der Waals surface area contributed by atoms with Gasteiger partial charge in [0.2, 0.25) is 0 Å². The van der Waals surface area contributed by atoms with Crippen molar-refractivity contribution in [2.45, 2.75) is 13.1 Å². The lowest BCUT2D eigenvalue weighted by Gasteiger charge is -2.38. The van der Waals surface area contributed by atoms with E-state index in [1.807, 2.05) is 12.1 Å². The molecule has 8 heteroatoms. The van der Waals surface area contributed by atoms with Crippen molar-refractivity contribution in [1.82, 2.24) is 30.0 Å². The van der Waals surface area contributed by atoms with Crippen LogP contribution in [0.1, 0.15) is 5.69 Å². The van der Waals surface area contributed by atoms with Gasteiger partial charge in [0.1, 0.15) is 5.69 Å². The molecule has 4 heterocycles. The highest BCUT2D eigenvalue weighted by atomic mass is 16.6. The quantitative estimate of drug-likeness (QED) is 0.686. The average Bonchev–Trinajstić information content (AvgIpc) is 3.08. The van der Waals surface area contributed by atoms with Crippen LogP contribution >= 0.6 is 0 Å². The lowest BCUT2D eigenvalue weighted by atomic mass is 10.00. The molecule has 0 N–H and O–H groups in total. The molecule has 0 spiro atoms. The van der Waals surface area contributed by atoms with Crippen LogP contribution in [0, 0.1) is 5.92 Å². The molecule has 3 aromatic heterocycles. The van der Waals surface area contributed by atoms with Gasteiger partial charge in [-0.3, -0.25) is 14.7 Å². The third-order valence-corrected chi connectivity index (χ3v) is 4.08. The van der Waals surface area contributed by atoms with Crippen molar-refractivity contribution in [1.29, 1.82) is 0 Å². The normalized spacial score (nSPS) is 15.3. The fraction of sp³-hybridized carbons (Fsp3) is 0.312. The Bertz CT molecular complexity index is 856. The van der Waals surface area contributed by atoms with Gasteiger partial charge in [-0.2, -0.15) is 5.10 Å². The number of hydrogen-bond donors (Lipinski definition) is 0. The summed E-state index contributed by atoms with van der Waals surface area (Å²) in [4.78, 5) is 18.4. The molecule has 4 rings (SSSR count). The van der Waals surface area contributed by atoms with E-state index in [1.54, 1.807) is 35.4 Å². The summed E-state index contributed by atoms with van der Waals surface area (Å²) in [6, 6.07) is 7.09. The summed E-state index contributed by atoms with van der Waals surface area (Å²) in [6.45, 7) is 3.13. The second-order valence-electron chi connectivity index (χ2n) is 5.94. The van der Waals surface area contributed by atoms with Crippen molar-refractivity contribution in [3.8, 4) is 11.3 Å². The monoisotopic (exact) mass is 324 g/mol. The van der Waals surface area contributed by atoms with Crippen molar-refractivity contribution < 1.29 is 4.63 Å². The molecule has 1 saturated heterocycles. The molecule has 0 atom stereocenters. The Kier molecular flexibility index (Phi) is 3.87. The van der Waals surface area contributed by atoms with Crippen LogP contribution < -0.4 is 5.56 Å². The zero-order valence-electron chi connectivity index (χ0n) is 12.9. The van der Waals surface area contributed by atoms with Gasteiger partial charge in [-0.05, 0) is 18.2 Å². The van der Waals surface area contributed by atoms with E-state index < -0.39 is 0 Å². The zero-order chi connectivity index (χ0) is 16.4. The molecule has 0 radical (unpaired) electrons. The maximum Gasteiger partial charge on any atom is 0.266 e. The minimum atomic E-state index is -0.0817.